The lowest BCUT2D eigenvalue weighted by molar-refractivity contribution is -0.133. The lowest BCUT2D eigenvalue weighted by Gasteiger charge is -2.31. The molecule has 0 bridgehead atoms. The van der Waals surface area contributed by atoms with E-state index >= 15 is 0 Å². The molecule has 0 radical (unpaired) electrons. The molecule has 0 aliphatic heterocycles. The fourth-order valence-corrected chi connectivity index (χ4v) is 6.99. The van der Waals surface area contributed by atoms with E-state index in [2.05, 4.69) is 5.32 Å². The molecule has 1 fully saturated rings. The third-order valence-corrected chi connectivity index (χ3v) is 9.61. The molecular weight excluding hydrogens is 549 g/mol. The van der Waals surface area contributed by atoms with Gasteiger partial charge in [0, 0.05) is 19.5 Å². The van der Waals surface area contributed by atoms with Crippen LogP contribution in [0.2, 0.25) is 0 Å². The van der Waals surface area contributed by atoms with Gasteiger partial charge in [0.1, 0.15) is 0 Å². The number of hydrogen-bond donors (Lipinski definition) is 3. The van der Waals surface area contributed by atoms with E-state index < -0.39 is 37.6 Å². The van der Waals surface area contributed by atoms with E-state index in [9.17, 15) is 24.1 Å². The van der Waals surface area contributed by atoms with Crippen LogP contribution < -0.4 is 11.1 Å². The van der Waals surface area contributed by atoms with E-state index in [4.69, 9.17) is 19.5 Å². The van der Waals surface area contributed by atoms with Crippen LogP contribution in [0.5, 0.6) is 0 Å². The molecule has 12 heteroatoms. The van der Waals surface area contributed by atoms with E-state index in [0.717, 1.165) is 37.7 Å². The number of carbonyl (C=O) groups excluding carboxylic acids is 3. The van der Waals surface area contributed by atoms with Crippen molar-refractivity contribution in [2.75, 3.05) is 26.3 Å². The van der Waals surface area contributed by atoms with Gasteiger partial charge in [-0.3, -0.25) is 14.2 Å². The van der Waals surface area contributed by atoms with Gasteiger partial charge < -0.3 is 34.8 Å². The van der Waals surface area contributed by atoms with Crippen molar-refractivity contribution in [3.05, 3.63) is 35.9 Å². The van der Waals surface area contributed by atoms with Crippen LogP contribution >= 0.6 is 7.60 Å². The van der Waals surface area contributed by atoms with Gasteiger partial charge >= 0.3 is 13.7 Å². The fraction of sp³-hybridized carbons (Fsp3) is 0.690. The molecular formula is C29H48N3O8P. The molecule has 1 aromatic rings. The minimum absolute atomic E-state index is 0.00608. The average Bonchev–Trinajstić information content (AvgIpc) is 2.95. The van der Waals surface area contributed by atoms with E-state index in [-0.39, 0.29) is 44.3 Å². The number of benzene rings is 1. The number of nitrogens with one attached hydrogen (secondary N) is 1. The summed E-state index contributed by atoms with van der Waals surface area (Å²) >= 11 is 0. The summed E-state index contributed by atoms with van der Waals surface area (Å²) in [5.41, 5.74) is 6.37. The van der Waals surface area contributed by atoms with Crippen molar-refractivity contribution in [1.29, 1.82) is 0 Å². The Morgan fingerprint density at radius 2 is 1.71 bits per heavy atom. The van der Waals surface area contributed by atoms with Crippen LogP contribution in [-0.2, 0) is 34.4 Å². The summed E-state index contributed by atoms with van der Waals surface area (Å²) < 4.78 is 29.3. The molecule has 3 atom stereocenters. The van der Waals surface area contributed by atoms with Crippen LogP contribution in [-0.4, -0.2) is 72.2 Å². The van der Waals surface area contributed by atoms with Gasteiger partial charge in [-0.2, -0.15) is 0 Å². The number of carbonyl (C=O) groups is 3. The van der Waals surface area contributed by atoms with Gasteiger partial charge in [0.15, 0.2) is 11.9 Å². The van der Waals surface area contributed by atoms with Gasteiger partial charge in [-0.25, -0.2) is 4.79 Å². The highest BCUT2D eigenvalue weighted by atomic mass is 31.2. The maximum absolute atomic E-state index is 13.4. The Morgan fingerprint density at radius 3 is 2.27 bits per heavy atom. The Balaban J connectivity index is 2.19. The summed E-state index contributed by atoms with van der Waals surface area (Å²) in [4.78, 5) is 39.9. The van der Waals surface area contributed by atoms with Gasteiger partial charge in [-0.15, -0.1) is 0 Å². The van der Waals surface area contributed by atoms with E-state index in [1.54, 1.807) is 18.7 Å². The second kappa shape index (κ2) is 18.2. The van der Waals surface area contributed by atoms with Crippen molar-refractivity contribution >= 4 is 25.5 Å². The second-order valence-corrected chi connectivity index (χ2v) is 12.4. The van der Waals surface area contributed by atoms with Crippen molar-refractivity contribution in [1.82, 2.24) is 10.2 Å². The maximum atomic E-state index is 13.4. The van der Waals surface area contributed by atoms with Crippen molar-refractivity contribution < 1.29 is 37.8 Å². The predicted molar refractivity (Wildman–Crippen MR) is 156 cm³/mol. The lowest BCUT2D eigenvalue weighted by Crippen LogP contribution is -2.49. The zero-order valence-corrected chi connectivity index (χ0v) is 25.6. The van der Waals surface area contributed by atoms with Crippen LogP contribution in [0.1, 0.15) is 77.7 Å². The zero-order chi connectivity index (χ0) is 30.3. The Hall–Kier alpha value is -2.46. The SMILES string of the molecule is CCOP(=O)(OCC)C(O)C(CCC(=O)N(CC)CCc1ccccc1)NC(=O)C(CC1CCCCC1)OC(N)=O. The predicted octanol–water partition coefficient (Wildman–Crippen LogP) is 4.36. The molecule has 1 aromatic carbocycles. The number of amides is 3. The highest BCUT2D eigenvalue weighted by Gasteiger charge is 2.42. The number of nitrogens with two attached hydrogens (primary N) is 1. The largest absolute Gasteiger partial charge is 0.436 e. The van der Waals surface area contributed by atoms with Crippen molar-refractivity contribution in [2.24, 2.45) is 11.7 Å². The summed E-state index contributed by atoms with van der Waals surface area (Å²) in [6.07, 6.45) is 3.63. The van der Waals surface area contributed by atoms with Crippen LogP contribution in [0.25, 0.3) is 0 Å². The Kier molecular flexibility index (Phi) is 15.4. The molecule has 41 heavy (non-hydrogen) atoms. The molecule has 3 amide bonds. The third-order valence-electron chi connectivity index (χ3n) is 7.37. The van der Waals surface area contributed by atoms with Crippen LogP contribution in [0.4, 0.5) is 4.79 Å². The molecule has 232 valence electrons. The van der Waals surface area contributed by atoms with Gasteiger partial charge in [-0.1, -0.05) is 62.4 Å². The maximum Gasteiger partial charge on any atom is 0.405 e. The number of nitrogens with zero attached hydrogens (tertiary/aromatic N) is 1. The van der Waals surface area contributed by atoms with Gasteiger partial charge in [0.05, 0.1) is 19.3 Å². The molecule has 0 saturated heterocycles. The first kappa shape index (κ1) is 34.7. The summed E-state index contributed by atoms with van der Waals surface area (Å²) in [5.74, 6) is -2.42. The molecule has 2 rings (SSSR count). The summed E-state index contributed by atoms with van der Waals surface area (Å²) in [5, 5.41) is 13.9. The summed E-state index contributed by atoms with van der Waals surface area (Å²) in [6, 6.07) is 8.65. The molecule has 11 nitrogen and oxygen atoms in total. The Morgan fingerprint density at radius 1 is 1.07 bits per heavy atom. The van der Waals surface area contributed by atoms with Crippen LogP contribution in [0, 0.1) is 5.92 Å². The molecule has 0 heterocycles. The van der Waals surface area contributed by atoms with E-state index in [1.807, 2.05) is 37.3 Å². The van der Waals surface area contributed by atoms with Crippen molar-refractivity contribution in [3.8, 4) is 0 Å². The fourth-order valence-electron chi connectivity index (χ4n) is 5.22. The van der Waals surface area contributed by atoms with Crippen molar-refractivity contribution in [2.45, 2.75) is 96.5 Å². The number of likely N-dealkylation sites (N-methyl/N-ethyl adjacent to an activating group) is 1. The van der Waals surface area contributed by atoms with Gasteiger partial charge in [-0.05, 0) is 51.5 Å². The van der Waals surface area contributed by atoms with E-state index in [1.165, 1.54) is 0 Å². The summed E-state index contributed by atoms with van der Waals surface area (Å²) in [7, 11) is -4.08. The monoisotopic (exact) mass is 597 g/mol. The zero-order valence-electron chi connectivity index (χ0n) is 24.7. The highest BCUT2D eigenvalue weighted by molar-refractivity contribution is 7.54. The molecule has 0 aromatic heterocycles. The first-order valence-corrected chi connectivity index (χ1v) is 16.4. The molecule has 1 saturated carbocycles. The minimum atomic E-state index is -4.08. The smallest absolute Gasteiger partial charge is 0.405 e. The second-order valence-electron chi connectivity index (χ2n) is 10.3. The average molecular weight is 598 g/mol. The quantitative estimate of drug-likeness (QED) is 0.211. The lowest BCUT2D eigenvalue weighted by atomic mass is 9.85. The van der Waals surface area contributed by atoms with Gasteiger partial charge in [0.25, 0.3) is 5.91 Å². The van der Waals surface area contributed by atoms with Gasteiger partial charge in [0.2, 0.25) is 5.91 Å². The Labute approximate surface area is 244 Å². The number of hydrogen-bond acceptors (Lipinski definition) is 8. The normalized spacial score (nSPS) is 16.4. The van der Waals surface area contributed by atoms with Crippen molar-refractivity contribution in [3.63, 3.8) is 0 Å². The summed E-state index contributed by atoms with van der Waals surface area (Å²) in [6.45, 7) is 6.11. The molecule has 1 aliphatic rings. The first-order chi connectivity index (χ1) is 19.6. The van der Waals surface area contributed by atoms with E-state index in [0.29, 0.717) is 19.5 Å². The molecule has 0 spiro atoms. The Bertz CT molecular complexity index is 980. The topological polar surface area (TPSA) is 157 Å². The first-order valence-electron chi connectivity index (χ1n) is 14.8. The number of primary amides is 1. The third kappa shape index (κ3) is 11.7. The number of ether oxygens (including phenoxy) is 1. The number of aliphatic hydroxyl groups excluding tert-OH is 1. The minimum Gasteiger partial charge on any atom is -0.436 e. The molecule has 3 unspecified atom stereocenters. The highest BCUT2D eigenvalue weighted by Crippen LogP contribution is 2.53. The standard InChI is InChI=1S/C29H48N3O8P/c1-4-32(20-19-22-13-9-7-10-14-22)26(33)18-17-24(28(35)41(37,38-5-2)39-6-3)31-27(34)25(40-29(30)36)21-23-15-11-8-12-16-23/h7,9-10,13-14,23-25,28,35H,4-6,8,11-12,15-21H2,1-3H3,(H2,30,36)(H,31,34). The molecule has 4 N–H and O–H groups in total. The molecule has 1 aliphatic carbocycles. The number of rotatable bonds is 18. The number of aliphatic hydroxyl groups is 1. The van der Waals surface area contributed by atoms with Crippen LogP contribution in [0.3, 0.4) is 0 Å². The van der Waals surface area contributed by atoms with Crippen LogP contribution in [0.15, 0.2) is 30.3 Å².